The number of fused-ring (bicyclic) bond motifs is 1. The van der Waals surface area contributed by atoms with Gasteiger partial charge in [-0.05, 0) is 23.7 Å². The summed E-state index contributed by atoms with van der Waals surface area (Å²) in [6, 6.07) is -0.651. The molecule has 2 rings (SSSR count). The number of aryl methyl sites for hydroxylation is 1. The van der Waals surface area contributed by atoms with Crippen molar-refractivity contribution in [3.05, 3.63) is 26.5 Å². The van der Waals surface area contributed by atoms with Gasteiger partial charge in [0.2, 0.25) is 5.54 Å². The molecule has 0 radical (unpaired) electrons. The highest BCUT2D eigenvalue weighted by molar-refractivity contribution is 5.77. The van der Waals surface area contributed by atoms with Gasteiger partial charge in [0.25, 0.3) is 0 Å². The predicted octanol–water partition coefficient (Wildman–Crippen LogP) is 3.93. The van der Waals surface area contributed by atoms with Gasteiger partial charge < -0.3 is 10.2 Å². The van der Waals surface area contributed by atoms with Gasteiger partial charge in [0, 0.05) is 36.6 Å². The molecule has 0 spiro atoms. The Balaban J connectivity index is 2.73. The minimum Gasteiger partial charge on any atom is -0.481 e. The third-order valence-corrected chi connectivity index (χ3v) is 7.58. The van der Waals surface area contributed by atoms with Gasteiger partial charge in [-0.3, -0.25) is 28.8 Å². The molecule has 0 bridgehead atoms. The van der Waals surface area contributed by atoms with E-state index in [0.29, 0.717) is 25.1 Å². The third-order valence-electron chi connectivity index (χ3n) is 7.58. The average molecular weight is 484 g/mol. The molecule has 11 nitrogen and oxygen atoms in total. The molecule has 11 heteroatoms. The Morgan fingerprint density at radius 3 is 2.21 bits per heavy atom. The van der Waals surface area contributed by atoms with Crippen LogP contribution >= 0.6 is 0 Å². The summed E-state index contributed by atoms with van der Waals surface area (Å²) >= 11 is 0. The fraction of sp³-hybridized carbons (Fsp3) is 0.826. The van der Waals surface area contributed by atoms with Crippen molar-refractivity contribution in [2.24, 2.45) is 16.2 Å². The highest BCUT2D eigenvalue weighted by Gasteiger charge is 2.63. The van der Waals surface area contributed by atoms with Crippen molar-refractivity contribution in [3.8, 4) is 0 Å². The largest absolute Gasteiger partial charge is 0.481 e. The number of carboxylic acid groups (broad SMARTS) is 2. The van der Waals surface area contributed by atoms with Crippen LogP contribution in [0.5, 0.6) is 0 Å². The normalized spacial score (nSPS) is 19.1. The molecule has 0 amide bonds. The van der Waals surface area contributed by atoms with E-state index in [9.17, 15) is 34.7 Å². The lowest BCUT2D eigenvalue weighted by Gasteiger charge is -2.52. The first-order chi connectivity index (χ1) is 15.5. The second-order valence-corrected chi connectivity index (χ2v) is 11.6. The standard InChI is InChI=1S/C23H37N3O8/c1-20(2,3)23(18(29)30,21(4,5)6)14-22(26(32)33,12-11-17(27)28)13-15-9-7-8-10-16-24-34-19(31)25(15)16/h15H,7-14H2,1-6H3,(H,27,28)(H,29,30). The van der Waals surface area contributed by atoms with Crippen LogP contribution in [-0.4, -0.2) is 42.3 Å². The van der Waals surface area contributed by atoms with E-state index in [1.807, 2.05) is 0 Å². The van der Waals surface area contributed by atoms with E-state index < -0.39 is 56.9 Å². The fourth-order valence-corrected chi connectivity index (χ4v) is 5.93. The highest BCUT2D eigenvalue weighted by Crippen LogP contribution is 2.58. The van der Waals surface area contributed by atoms with Crippen LogP contribution in [0.2, 0.25) is 0 Å². The quantitative estimate of drug-likeness (QED) is 0.391. The number of hydrogen-bond acceptors (Lipinski definition) is 7. The van der Waals surface area contributed by atoms with Crippen LogP contribution in [-0.2, 0) is 16.0 Å². The molecule has 0 saturated carbocycles. The van der Waals surface area contributed by atoms with Crippen LogP contribution in [0.25, 0.3) is 0 Å². The van der Waals surface area contributed by atoms with Crippen LogP contribution in [0.1, 0.15) is 98.4 Å². The van der Waals surface area contributed by atoms with E-state index in [1.165, 1.54) is 4.57 Å². The van der Waals surface area contributed by atoms with Gasteiger partial charge in [-0.1, -0.05) is 53.1 Å². The number of nitro groups is 1. The Morgan fingerprint density at radius 2 is 1.74 bits per heavy atom. The molecule has 192 valence electrons. The first-order valence-corrected chi connectivity index (χ1v) is 11.7. The smallest absolute Gasteiger partial charge is 0.441 e. The van der Waals surface area contributed by atoms with Gasteiger partial charge >= 0.3 is 17.7 Å². The molecule has 1 aliphatic rings. The number of carboxylic acids is 2. The van der Waals surface area contributed by atoms with Crippen LogP contribution in [0.4, 0.5) is 0 Å². The zero-order valence-corrected chi connectivity index (χ0v) is 20.9. The maximum atomic E-state index is 12.9. The molecule has 0 aliphatic carbocycles. The molecule has 2 heterocycles. The minimum atomic E-state index is -1.90. The average Bonchev–Trinajstić information content (AvgIpc) is 2.91. The monoisotopic (exact) mass is 483 g/mol. The zero-order valence-electron chi connectivity index (χ0n) is 20.9. The molecular weight excluding hydrogens is 446 g/mol. The molecule has 1 aliphatic heterocycles. The summed E-state index contributed by atoms with van der Waals surface area (Å²) < 4.78 is 6.16. The van der Waals surface area contributed by atoms with E-state index in [0.717, 1.165) is 6.42 Å². The van der Waals surface area contributed by atoms with Crippen LogP contribution in [0.3, 0.4) is 0 Å². The summed E-state index contributed by atoms with van der Waals surface area (Å²) in [4.78, 5) is 49.1. The Hall–Kier alpha value is -2.72. The van der Waals surface area contributed by atoms with Crippen molar-refractivity contribution in [1.29, 1.82) is 0 Å². The number of carbonyl (C=O) groups is 2. The van der Waals surface area contributed by atoms with E-state index >= 15 is 0 Å². The summed E-state index contributed by atoms with van der Waals surface area (Å²) in [5, 5.41) is 36.5. The molecule has 1 aromatic heterocycles. The van der Waals surface area contributed by atoms with Gasteiger partial charge in [-0.2, -0.15) is 0 Å². The van der Waals surface area contributed by atoms with Crippen molar-refractivity contribution in [3.63, 3.8) is 0 Å². The topological polar surface area (TPSA) is 166 Å². The molecule has 34 heavy (non-hydrogen) atoms. The van der Waals surface area contributed by atoms with Crippen LogP contribution in [0.15, 0.2) is 9.32 Å². The Morgan fingerprint density at radius 1 is 1.15 bits per heavy atom. The van der Waals surface area contributed by atoms with Gasteiger partial charge in [0.1, 0.15) is 0 Å². The van der Waals surface area contributed by atoms with Crippen LogP contribution in [0, 0.1) is 26.4 Å². The zero-order chi connectivity index (χ0) is 26.1. The van der Waals surface area contributed by atoms with E-state index in [4.69, 9.17) is 4.52 Å². The van der Waals surface area contributed by atoms with Crippen molar-refractivity contribution >= 4 is 11.9 Å². The van der Waals surface area contributed by atoms with E-state index in [2.05, 4.69) is 5.16 Å². The summed E-state index contributed by atoms with van der Waals surface area (Å²) in [5.74, 6) is -2.69. The second-order valence-electron chi connectivity index (χ2n) is 11.6. The van der Waals surface area contributed by atoms with Crippen molar-refractivity contribution in [1.82, 2.24) is 9.72 Å². The van der Waals surface area contributed by atoms with Crippen molar-refractivity contribution in [2.75, 3.05) is 0 Å². The Bertz CT molecular complexity index is 968. The van der Waals surface area contributed by atoms with Gasteiger partial charge in [-0.25, -0.2) is 4.79 Å². The number of rotatable bonds is 9. The van der Waals surface area contributed by atoms with Gasteiger partial charge in [0.05, 0.1) is 11.8 Å². The lowest BCUT2D eigenvalue weighted by Crippen LogP contribution is -2.58. The minimum absolute atomic E-state index is 0.192. The summed E-state index contributed by atoms with van der Waals surface area (Å²) in [6.07, 6.45) is 0.936. The molecular formula is C23H37N3O8. The first kappa shape index (κ1) is 27.5. The lowest BCUT2D eigenvalue weighted by molar-refractivity contribution is -0.579. The molecule has 0 fully saturated rings. The second kappa shape index (κ2) is 9.50. The molecule has 1 aromatic rings. The number of hydrogen-bond donors (Lipinski definition) is 2. The number of aliphatic carboxylic acids is 2. The predicted molar refractivity (Wildman–Crippen MR) is 122 cm³/mol. The summed E-state index contributed by atoms with van der Waals surface area (Å²) in [6.45, 7) is 10.4. The van der Waals surface area contributed by atoms with Gasteiger partial charge in [-0.15, -0.1) is 0 Å². The molecule has 2 atom stereocenters. The Labute approximate surface area is 198 Å². The summed E-state index contributed by atoms with van der Waals surface area (Å²) in [7, 11) is 0. The van der Waals surface area contributed by atoms with Crippen molar-refractivity contribution in [2.45, 2.75) is 104 Å². The van der Waals surface area contributed by atoms with Gasteiger partial charge in [0.15, 0.2) is 5.82 Å². The molecule has 2 unspecified atom stereocenters. The first-order valence-electron chi connectivity index (χ1n) is 11.7. The van der Waals surface area contributed by atoms with E-state index in [1.54, 1.807) is 41.5 Å². The molecule has 0 saturated heterocycles. The third kappa shape index (κ3) is 5.02. The highest BCUT2D eigenvalue weighted by atomic mass is 16.6. The maximum absolute atomic E-state index is 12.9. The number of aromatic nitrogens is 2. The molecule has 0 aromatic carbocycles. The molecule has 2 N–H and O–H groups in total. The summed E-state index contributed by atoms with van der Waals surface area (Å²) in [5.41, 5.74) is -5.27. The number of nitrogens with zero attached hydrogens (tertiary/aromatic N) is 3. The lowest BCUT2D eigenvalue weighted by atomic mass is 9.49. The van der Waals surface area contributed by atoms with E-state index in [-0.39, 0.29) is 19.3 Å². The SMILES string of the molecule is CC(C)(C)C(CC(CCC(=O)O)(CC1CCCCc2noc(=O)n21)[N+](=O)[O-])(C(=O)O)C(C)(C)C. The van der Waals surface area contributed by atoms with Crippen LogP contribution < -0.4 is 5.76 Å². The fourth-order valence-electron chi connectivity index (χ4n) is 5.93. The van der Waals surface area contributed by atoms with Crippen molar-refractivity contribution < 1.29 is 29.2 Å². The Kier molecular flexibility index (Phi) is 7.69. The maximum Gasteiger partial charge on any atom is 0.441 e.